The van der Waals surface area contributed by atoms with Gasteiger partial charge >= 0.3 is 21.1 Å². The van der Waals surface area contributed by atoms with Gasteiger partial charge in [-0.25, -0.2) is 0 Å². The van der Waals surface area contributed by atoms with Crippen molar-refractivity contribution in [1.82, 2.24) is 5.32 Å². The van der Waals surface area contributed by atoms with Crippen molar-refractivity contribution in [2.75, 3.05) is 13.7 Å². The number of carbonyl (C=O) groups excluding carboxylic acids is 2. The second kappa shape index (κ2) is 10.7. The maximum atomic E-state index is 11.6. The van der Waals surface area contributed by atoms with E-state index in [1.54, 1.807) is 25.2 Å². The van der Waals surface area contributed by atoms with Gasteiger partial charge in [-0.3, -0.25) is 9.59 Å². The van der Waals surface area contributed by atoms with Crippen LogP contribution in [0.3, 0.4) is 0 Å². The van der Waals surface area contributed by atoms with Crippen molar-refractivity contribution in [3.63, 3.8) is 0 Å². The normalized spacial score (nSPS) is 11.7. The maximum Gasteiger partial charge on any atom is 2.00 e. The van der Waals surface area contributed by atoms with Gasteiger partial charge in [-0.05, 0) is 24.3 Å². The van der Waals surface area contributed by atoms with Crippen molar-refractivity contribution >= 4 is 17.8 Å². The SMILES string of the molecule is C[N-]C(C)COc1cc(C#N)ccc1/C=C(/NC(C)=O)C(C)=O.[W+2]. The summed E-state index contributed by atoms with van der Waals surface area (Å²) in [6.45, 7) is 4.95. The van der Waals surface area contributed by atoms with Crippen LogP contribution in [0.1, 0.15) is 31.9 Å². The minimum atomic E-state index is -0.332. The van der Waals surface area contributed by atoms with Crippen LogP contribution in [0.25, 0.3) is 11.4 Å². The number of carbonyl (C=O) groups is 2. The fourth-order valence-electron chi connectivity index (χ4n) is 1.70. The number of allylic oxidation sites excluding steroid dienone is 1. The van der Waals surface area contributed by atoms with E-state index in [-0.39, 0.29) is 44.5 Å². The number of benzene rings is 1. The Morgan fingerprint density at radius 2 is 2.08 bits per heavy atom. The van der Waals surface area contributed by atoms with E-state index in [1.807, 2.05) is 13.0 Å². The van der Waals surface area contributed by atoms with E-state index in [2.05, 4.69) is 10.6 Å². The molecule has 1 rings (SSSR count). The first kappa shape index (κ1) is 22.0. The molecular weight excluding hydrogens is 478 g/mol. The molecular formula is C17H20N3O3W+. The Hall–Kier alpha value is -1.96. The Morgan fingerprint density at radius 3 is 2.58 bits per heavy atom. The number of likely N-dealkylation sites (N-methyl/N-ethyl adjacent to an activating group) is 1. The molecule has 1 aromatic rings. The molecule has 0 saturated heterocycles. The first-order valence-corrected chi connectivity index (χ1v) is 7.13. The molecule has 0 saturated carbocycles. The van der Waals surface area contributed by atoms with Gasteiger partial charge in [0.05, 0.1) is 23.9 Å². The van der Waals surface area contributed by atoms with Gasteiger partial charge in [-0.1, -0.05) is 6.92 Å². The number of rotatable bonds is 7. The van der Waals surface area contributed by atoms with Crippen molar-refractivity contribution in [1.29, 1.82) is 5.26 Å². The van der Waals surface area contributed by atoms with Crippen LogP contribution >= 0.6 is 0 Å². The average Bonchev–Trinajstić information content (AvgIpc) is 2.52. The topological polar surface area (TPSA) is 93.3 Å². The quantitative estimate of drug-likeness (QED) is 0.585. The minimum Gasteiger partial charge on any atom is -0.660 e. The standard InChI is InChI=1S/C17H20N3O3.W/c1-11(19-4)10-23-17-7-14(9-18)5-6-15(17)8-16(12(2)21)20-13(3)22;/h5-8,11H,10H2,1-4H3,(H,20,22);/q-1;+2/b16-8+;. The number of hydrogen-bond acceptors (Lipinski definition) is 4. The molecule has 0 spiro atoms. The van der Waals surface area contributed by atoms with E-state index in [0.29, 0.717) is 23.5 Å². The van der Waals surface area contributed by atoms with Crippen molar-refractivity contribution in [2.45, 2.75) is 26.8 Å². The van der Waals surface area contributed by atoms with Crippen LogP contribution in [0.15, 0.2) is 23.9 Å². The van der Waals surface area contributed by atoms with Gasteiger partial charge in [0.2, 0.25) is 5.91 Å². The minimum absolute atomic E-state index is 0. The molecule has 126 valence electrons. The summed E-state index contributed by atoms with van der Waals surface area (Å²) >= 11 is 0. The van der Waals surface area contributed by atoms with Crippen molar-refractivity contribution in [2.24, 2.45) is 0 Å². The Kier molecular flexibility index (Phi) is 9.87. The number of nitrogens with one attached hydrogen (secondary N) is 1. The molecule has 24 heavy (non-hydrogen) atoms. The Bertz CT molecular complexity index is 666. The molecule has 0 heterocycles. The van der Waals surface area contributed by atoms with Crippen molar-refractivity contribution < 1.29 is 35.4 Å². The fourth-order valence-corrected chi connectivity index (χ4v) is 1.70. The number of nitrogens with zero attached hydrogens (tertiary/aromatic N) is 2. The second-order valence-electron chi connectivity index (χ2n) is 5.08. The Balaban J connectivity index is 0.00000529. The van der Waals surface area contributed by atoms with Crippen molar-refractivity contribution in [3.8, 4) is 11.8 Å². The van der Waals surface area contributed by atoms with Crippen LogP contribution in [0, 0.1) is 11.3 Å². The third-order valence-corrected chi connectivity index (χ3v) is 3.05. The van der Waals surface area contributed by atoms with Gasteiger partial charge in [0.1, 0.15) is 5.75 Å². The van der Waals surface area contributed by atoms with E-state index in [0.717, 1.165) is 0 Å². The van der Waals surface area contributed by atoms with Gasteiger partial charge in [-0.2, -0.15) is 12.3 Å². The summed E-state index contributed by atoms with van der Waals surface area (Å²) in [6, 6.07) is 6.94. The number of nitriles is 1. The number of amides is 1. The van der Waals surface area contributed by atoms with E-state index >= 15 is 0 Å². The molecule has 1 aromatic carbocycles. The molecule has 0 aliphatic heterocycles. The van der Waals surface area contributed by atoms with E-state index in [9.17, 15) is 9.59 Å². The number of ether oxygens (including phenoxy) is 1. The largest absolute Gasteiger partial charge is 2.00 e. The van der Waals surface area contributed by atoms with Crippen LogP contribution in [-0.2, 0) is 30.7 Å². The summed E-state index contributed by atoms with van der Waals surface area (Å²) in [5.74, 6) is -0.142. The van der Waals surface area contributed by atoms with Crippen LogP contribution in [-0.4, -0.2) is 31.4 Å². The molecule has 0 radical (unpaired) electrons. The summed E-state index contributed by atoms with van der Waals surface area (Å²) in [6.07, 6.45) is 1.54. The molecule has 0 bridgehead atoms. The number of Topliss-reactive ketones (excluding diaryl/α,β-unsaturated/α-hetero) is 1. The van der Waals surface area contributed by atoms with Crippen LogP contribution < -0.4 is 10.1 Å². The summed E-state index contributed by atoms with van der Waals surface area (Å²) in [5, 5.41) is 15.6. The van der Waals surface area contributed by atoms with E-state index in [4.69, 9.17) is 10.00 Å². The molecule has 0 aromatic heterocycles. The average molecular weight is 498 g/mol. The van der Waals surface area contributed by atoms with Crippen LogP contribution in [0.2, 0.25) is 0 Å². The number of hydrogen-bond donors (Lipinski definition) is 1. The molecule has 1 N–H and O–H groups in total. The van der Waals surface area contributed by atoms with Crippen molar-refractivity contribution in [3.05, 3.63) is 40.3 Å². The third kappa shape index (κ3) is 7.08. The number of ketones is 1. The zero-order chi connectivity index (χ0) is 17.4. The van der Waals surface area contributed by atoms with Gasteiger partial charge in [0.25, 0.3) is 0 Å². The molecule has 6 nitrogen and oxygen atoms in total. The molecule has 1 amide bonds. The molecule has 1 unspecified atom stereocenters. The summed E-state index contributed by atoms with van der Waals surface area (Å²) in [4.78, 5) is 22.8. The molecule has 0 fully saturated rings. The molecule has 1 atom stereocenters. The second-order valence-corrected chi connectivity index (χ2v) is 5.08. The van der Waals surface area contributed by atoms with Crippen LogP contribution in [0.5, 0.6) is 5.75 Å². The molecule has 0 aliphatic rings. The third-order valence-electron chi connectivity index (χ3n) is 3.05. The predicted octanol–water partition coefficient (Wildman–Crippen LogP) is 2.39. The zero-order valence-corrected chi connectivity index (χ0v) is 17.1. The smallest absolute Gasteiger partial charge is 0.660 e. The summed E-state index contributed by atoms with van der Waals surface area (Å²) in [5.41, 5.74) is 1.22. The molecule has 0 aliphatic carbocycles. The van der Waals surface area contributed by atoms with Gasteiger partial charge in [0.15, 0.2) is 5.78 Å². The van der Waals surface area contributed by atoms with Crippen LogP contribution in [0.4, 0.5) is 0 Å². The summed E-state index contributed by atoms with van der Waals surface area (Å²) in [7, 11) is 1.70. The summed E-state index contributed by atoms with van der Waals surface area (Å²) < 4.78 is 5.70. The Labute approximate surface area is 156 Å². The monoisotopic (exact) mass is 498 g/mol. The van der Waals surface area contributed by atoms with E-state index in [1.165, 1.54) is 19.9 Å². The first-order valence-electron chi connectivity index (χ1n) is 7.13. The van der Waals surface area contributed by atoms with Gasteiger partial charge < -0.3 is 15.4 Å². The van der Waals surface area contributed by atoms with Gasteiger partial charge in [-0.15, -0.1) is 6.04 Å². The zero-order valence-electron chi connectivity index (χ0n) is 14.1. The first-order chi connectivity index (χ1) is 10.9. The Morgan fingerprint density at radius 1 is 1.42 bits per heavy atom. The predicted molar refractivity (Wildman–Crippen MR) is 87.9 cm³/mol. The molecule has 7 heteroatoms. The maximum absolute atomic E-state index is 11.6. The fraction of sp³-hybridized carbons (Fsp3) is 0.353. The van der Waals surface area contributed by atoms with E-state index < -0.39 is 0 Å². The van der Waals surface area contributed by atoms with Gasteiger partial charge in [0, 0.05) is 19.4 Å².